The van der Waals surface area contributed by atoms with Crippen molar-refractivity contribution in [1.29, 1.82) is 0 Å². The van der Waals surface area contributed by atoms with Gasteiger partial charge >= 0.3 is 5.97 Å². The van der Waals surface area contributed by atoms with E-state index in [0.29, 0.717) is 24.8 Å². The van der Waals surface area contributed by atoms with E-state index in [1.165, 1.54) is 4.90 Å². The molecule has 1 aromatic carbocycles. The van der Waals surface area contributed by atoms with Gasteiger partial charge in [-0.05, 0) is 44.2 Å². The predicted molar refractivity (Wildman–Crippen MR) is 92.0 cm³/mol. The fraction of sp³-hybridized carbons (Fsp3) is 0.421. The monoisotopic (exact) mass is 342 g/mol. The molecule has 0 aromatic heterocycles. The predicted octanol–water partition coefficient (Wildman–Crippen LogP) is 1.97. The van der Waals surface area contributed by atoms with Crippen LogP contribution in [0.2, 0.25) is 0 Å². The Morgan fingerprint density at radius 3 is 2.52 bits per heavy atom. The number of nitrogens with zero attached hydrogens (tertiary/aromatic N) is 1. The van der Waals surface area contributed by atoms with Gasteiger partial charge in [-0.2, -0.15) is 0 Å². The third kappa shape index (κ3) is 3.73. The van der Waals surface area contributed by atoms with Crippen LogP contribution in [0.3, 0.4) is 0 Å². The van der Waals surface area contributed by atoms with Crippen LogP contribution in [-0.2, 0) is 9.59 Å². The first-order valence-electron chi connectivity index (χ1n) is 8.64. The number of carboxylic acids is 1. The number of carbonyl (C=O) groups is 3. The number of carbonyl (C=O) groups excluding carboxylic acids is 2. The average molecular weight is 342 g/mol. The second kappa shape index (κ2) is 7.51. The van der Waals surface area contributed by atoms with Crippen molar-refractivity contribution < 1.29 is 19.5 Å². The Balaban J connectivity index is 1.82. The van der Waals surface area contributed by atoms with Crippen LogP contribution < -0.4 is 5.32 Å². The Morgan fingerprint density at radius 1 is 1.08 bits per heavy atom. The topological polar surface area (TPSA) is 86.7 Å². The van der Waals surface area contributed by atoms with Gasteiger partial charge in [-0.15, -0.1) is 0 Å². The van der Waals surface area contributed by atoms with E-state index in [2.05, 4.69) is 5.32 Å². The highest BCUT2D eigenvalue weighted by Gasteiger charge is 2.41. The molecule has 3 rings (SSSR count). The number of amides is 2. The van der Waals surface area contributed by atoms with Crippen LogP contribution in [0.1, 0.15) is 42.5 Å². The largest absolute Gasteiger partial charge is 0.480 e. The SMILES string of the molecule is O=C(N[C@H]1CC=CC[C@H]2CCC[C@@H](C(=O)O)N2C1=O)c1ccccc1. The third-order valence-electron chi connectivity index (χ3n) is 4.87. The molecule has 2 heterocycles. The van der Waals surface area contributed by atoms with Gasteiger partial charge in [0.15, 0.2) is 0 Å². The molecule has 1 aromatic rings. The fourth-order valence-corrected chi connectivity index (χ4v) is 3.61. The summed E-state index contributed by atoms with van der Waals surface area (Å²) >= 11 is 0. The number of benzene rings is 1. The molecule has 0 bridgehead atoms. The maximum Gasteiger partial charge on any atom is 0.326 e. The number of hydrogen-bond donors (Lipinski definition) is 2. The first kappa shape index (κ1) is 17.2. The molecule has 25 heavy (non-hydrogen) atoms. The van der Waals surface area contributed by atoms with Gasteiger partial charge < -0.3 is 15.3 Å². The molecular formula is C19H22N2O4. The molecule has 2 aliphatic rings. The van der Waals surface area contributed by atoms with Crippen molar-refractivity contribution in [2.75, 3.05) is 0 Å². The maximum atomic E-state index is 13.0. The molecule has 1 saturated heterocycles. The first-order chi connectivity index (χ1) is 12.1. The Bertz CT molecular complexity index is 686. The minimum absolute atomic E-state index is 0.116. The summed E-state index contributed by atoms with van der Waals surface area (Å²) in [6, 6.07) is 7.03. The Labute approximate surface area is 146 Å². The van der Waals surface area contributed by atoms with Crippen LogP contribution in [-0.4, -0.2) is 45.9 Å². The maximum absolute atomic E-state index is 13.0. The van der Waals surface area contributed by atoms with Crippen molar-refractivity contribution in [3.63, 3.8) is 0 Å². The molecule has 0 radical (unpaired) electrons. The summed E-state index contributed by atoms with van der Waals surface area (Å²) < 4.78 is 0. The summed E-state index contributed by atoms with van der Waals surface area (Å²) in [5.41, 5.74) is 0.478. The van der Waals surface area contributed by atoms with E-state index in [1.807, 2.05) is 18.2 Å². The zero-order valence-electron chi connectivity index (χ0n) is 13.9. The summed E-state index contributed by atoms with van der Waals surface area (Å²) in [7, 11) is 0. The van der Waals surface area contributed by atoms with Gasteiger partial charge in [0.1, 0.15) is 12.1 Å². The number of aliphatic carboxylic acids is 1. The lowest BCUT2D eigenvalue weighted by Crippen LogP contribution is -2.59. The molecular weight excluding hydrogens is 320 g/mol. The van der Waals surface area contributed by atoms with E-state index in [9.17, 15) is 19.5 Å². The van der Waals surface area contributed by atoms with Crippen LogP contribution in [0.25, 0.3) is 0 Å². The van der Waals surface area contributed by atoms with Crippen molar-refractivity contribution in [2.45, 2.75) is 50.2 Å². The number of nitrogens with one attached hydrogen (secondary N) is 1. The second-order valence-electron chi connectivity index (χ2n) is 6.52. The smallest absolute Gasteiger partial charge is 0.326 e. The zero-order chi connectivity index (χ0) is 17.8. The summed E-state index contributed by atoms with van der Waals surface area (Å²) in [5, 5.41) is 12.3. The van der Waals surface area contributed by atoms with Gasteiger partial charge in [0.2, 0.25) is 5.91 Å². The van der Waals surface area contributed by atoms with Crippen LogP contribution in [0.4, 0.5) is 0 Å². The molecule has 6 heteroatoms. The lowest BCUT2D eigenvalue weighted by molar-refractivity contribution is -0.156. The van der Waals surface area contributed by atoms with E-state index in [1.54, 1.807) is 24.3 Å². The number of hydrogen-bond acceptors (Lipinski definition) is 3. The van der Waals surface area contributed by atoms with E-state index in [0.717, 1.165) is 12.8 Å². The second-order valence-corrected chi connectivity index (χ2v) is 6.52. The van der Waals surface area contributed by atoms with E-state index in [4.69, 9.17) is 0 Å². The number of fused-ring (bicyclic) bond motifs is 1. The molecule has 2 aliphatic heterocycles. The third-order valence-corrected chi connectivity index (χ3v) is 4.87. The number of carboxylic acid groups (broad SMARTS) is 1. The van der Waals surface area contributed by atoms with Crippen LogP contribution in [0, 0.1) is 0 Å². The summed E-state index contributed by atoms with van der Waals surface area (Å²) in [4.78, 5) is 38.5. The molecule has 0 unspecified atom stereocenters. The van der Waals surface area contributed by atoms with Gasteiger partial charge in [-0.1, -0.05) is 30.4 Å². The van der Waals surface area contributed by atoms with Crippen LogP contribution in [0.5, 0.6) is 0 Å². The summed E-state index contributed by atoms with van der Waals surface area (Å²) in [5.74, 6) is -1.60. The average Bonchev–Trinajstić information content (AvgIpc) is 2.62. The minimum atomic E-state index is -0.976. The summed E-state index contributed by atoms with van der Waals surface area (Å²) in [6.45, 7) is 0. The highest BCUT2D eigenvalue weighted by Crippen LogP contribution is 2.28. The molecule has 1 fully saturated rings. The van der Waals surface area contributed by atoms with E-state index < -0.39 is 18.1 Å². The Morgan fingerprint density at radius 2 is 1.80 bits per heavy atom. The van der Waals surface area contributed by atoms with Crippen molar-refractivity contribution in [1.82, 2.24) is 10.2 Å². The molecule has 6 nitrogen and oxygen atoms in total. The van der Waals surface area contributed by atoms with E-state index >= 15 is 0 Å². The lowest BCUT2D eigenvalue weighted by atomic mass is 9.90. The van der Waals surface area contributed by atoms with Gasteiger partial charge in [-0.25, -0.2) is 4.79 Å². The van der Waals surface area contributed by atoms with Gasteiger partial charge in [0.05, 0.1) is 0 Å². The lowest BCUT2D eigenvalue weighted by Gasteiger charge is -2.42. The van der Waals surface area contributed by atoms with Crippen LogP contribution in [0.15, 0.2) is 42.5 Å². The standard InChI is InChI=1S/C19H22N2O4/c22-17(13-7-2-1-3-8-13)20-15-11-5-4-9-14-10-6-12-16(19(24)25)21(14)18(15)23/h1-5,7-8,14-16H,6,9-12H2,(H,20,22)(H,24,25)/t14-,15-,16-/m0/s1. The van der Waals surface area contributed by atoms with Crippen molar-refractivity contribution in [2.24, 2.45) is 0 Å². The zero-order valence-corrected chi connectivity index (χ0v) is 13.9. The van der Waals surface area contributed by atoms with Gasteiger partial charge in [0.25, 0.3) is 5.91 Å². The number of rotatable bonds is 3. The highest BCUT2D eigenvalue weighted by atomic mass is 16.4. The molecule has 0 aliphatic carbocycles. The number of piperidine rings is 1. The normalized spacial score (nSPS) is 26.3. The molecule has 0 spiro atoms. The Hall–Kier alpha value is -2.63. The minimum Gasteiger partial charge on any atom is -0.480 e. The van der Waals surface area contributed by atoms with Crippen LogP contribution >= 0.6 is 0 Å². The van der Waals surface area contributed by atoms with Crippen molar-refractivity contribution in [3.05, 3.63) is 48.0 Å². The highest BCUT2D eigenvalue weighted by molar-refractivity contribution is 5.98. The van der Waals surface area contributed by atoms with Gasteiger partial charge in [-0.3, -0.25) is 9.59 Å². The van der Waals surface area contributed by atoms with Gasteiger partial charge in [0, 0.05) is 11.6 Å². The Kier molecular flexibility index (Phi) is 5.16. The first-order valence-corrected chi connectivity index (χ1v) is 8.64. The summed E-state index contributed by atoms with van der Waals surface area (Å²) in [6.07, 6.45) is 6.95. The fourth-order valence-electron chi connectivity index (χ4n) is 3.61. The molecule has 0 saturated carbocycles. The molecule has 2 N–H and O–H groups in total. The quantitative estimate of drug-likeness (QED) is 0.822. The van der Waals surface area contributed by atoms with Crippen molar-refractivity contribution in [3.8, 4) is 0 Å². The van der Waals surface area contributed by atoms with Crippen molar-refractivity contribution >= 4 is 17.8 Å². The molecule has 2 amide bonds. The molecule has 3 atom stereocenters. The molecule has 132 valence electrons. The van der Waals surface area contributed by atoms with E-state index in [-0.39, 0.29) is 17.9 Å².